The first-order valence-corrected chi connectivity index (χ1v) is 9.56. The van der Waals surface area contributed by atoms with E-state index in [1.165, 1.54) is 11.8 Å². The molecule has 0 aliphatic heterocycles. The van der Waals surface area contributed by atoms with Crippen LogP contribution < -0.4 is 5.32 Å². The average Bonchev–Trinajstić information content (AvgIpc) is 2.66. The van der Waals surface area contributed by atoms with Gasteiger partial charge in [0.05, 0.1) is 17.4 Å². The topological polar surface area (TPSA) is 76.7 Å². The van der Waals surface area contributed by atoms with Crippen LogP contribution in [0, 0.1) is 28.6 Å². The zero-order valence-electron chi connectivity index (χ0n) is 15.1. The van der Waals surface area contributed by atoms with E-state index in [0.717, 1.165) is 11.1 Å². The van der Waals surface area contributed by atoms with Crippen molar-refractivity contribution < 1.29 is 4.79 Å². The van der Waals surface area contributed by atoms with Crippen molar-refractivity contribution in [2.45, 2.75) is 36.7 Å². The Morgan fingerprint density at radius 3 is 2.58 bits per heavy atom. The molecule has 4 nitrogen and oxygen atoms in total. The summed E-state index contributed by atoms with van der Waals surface area (Å²) in [5.41, 5.74) is 2.21. The molecule has 2 unspecified atom stereocenters. The van der Waals surface area contributed by atoms with Gasteiger partial charge in [0.15, 0.2) is 0 Å². The van der Waals surface area contributed by atoms with Crippen LogP contribution in [0.4, 0.5) is 0 Å². The van der Waals surface area contributed by atoms with Crippen LogP contribution in [0.1, 0.15) is 32.3 Å². The van der Waals surface area contributed by atoms with E-state index in [4.69, 9.17) is 5.26 Å². The number of nitrogens with one attached hydrogen (secondary N) is 1. The molecule has 2 atom stereocenters. The van der Waals surface area contributed by atoms with E-state index >= 15 is 0 Å². The van der Waals surface area contributed by atoms with Crippen LogP contribution in [0.2, 0.25) is 0 Å². The fourth-order valence-electron chi connectivity index (χ4n) is 2.79. The minimum Gasteiger partial charge on any atom is -0.342 e. The molecule has 26 heavy (non-hydrogen) atoms. The Kier molecular flexibility index (Phi) is 7.06. The zero-order valence-corrected chi connectivity index (χ0v) is 15.9. The molecule has 1 aromatic rings. The minimum absolute atomic E-state index is 0.0125. The first-order valence-electron chi connectivity index (χ1n) is 8.68. The molecule has 0 bridgehead atoms. The van der Waals surface area contributed by atoms with Crippen LogP contribution in [-0.4, -0.2) is 22.4 Å². The predicted octanol–water partition coefficient (Wildman–Crippen LogP) is 4.08. The smallest absolute Gasteiger partial charge is 0.234 e. The molecule has 0 aromatic heterocycles. The molecular formula is C21H23N3OS. The summed E-state index contributed by atoms with van der Waals surface area (Å²) in [6.45, 7) is 4.09. The molecule has 1 N–H and O–H groups in total. The number of thioether (sulfide) groups is 1. The number of amides is 1. The number of nitrogens with zero attached hydrogens (tertiary/aromatic N) is 2. The summed E-state index contributed by atoms with van der Waals surface area (Å²) in [7, 11) is 0. The van der Waals surface area contributed by atoms with Gasteiger partial charge in [-0.2, -0.15) is 10.5 Å². The second-order valence-electron chi connectivity index (χ2n) is 6.68. The lowest BCUT2D eigenvalue weighted by Crippen LogP contribution is -2.37. The molecule has 1 aliphatic rings. The molecule has 5 heteroatoms. The molecular weight excluding hydrogens is 342 g/mol. The Balaban J connectivity index is 2.15. The van der Waals surface area contributed by atoms with Crippen molar-refractivity contribution in [1.29, 1.82) is 10.5 Å². The van der Waals surface area contributed by atoms with E-state index in [9.17, 15) is 10.1 Å². The predicted molar refractivity (Wildman–Crippen MR) is 106 cm³/mol. The summed E-state index contributed by atoms with van der Waals surface area (Å²) in [5, 5.41) is 20.8. The molecule has 0 fully saturated rings. The van der Waals surface area contributed by atoms with Gasteiger partial charge in [-0.15, -0.1) is 11.8 Å². The van der Waals surface area contributed by atoms with Crippen molar-refractivity contribution >= 4 is 23.2 Å². The third kappa shape index (κ3) is 5.25. The highest BCUT2D eigenvalue weighted by molar-refractivity contribution is 8.02. The standard InChI is InChI=1S/C21H23N3OS/c1-16(2)14-19(20(25)24-13-12-22)26-21(15-23)10-8-18(9-11-21)17-6-4-3-5-7-17/h3-10,16,19H,11,13-14H2,1-2H3,(H,24,25). The molecule has 1 aromatic carbocycles. The molecule has 0 radical (unpaired) electrons. The number of allylic oxidation sites excluding steroid dienone is 3. The summed E-state index contributed by atoms with van der Waals surface area (Å²) in [6, 6.07) is 14.4. The number of rotatable bonds is 7. The lowest BCUT2D eigenvalue weighted by Gasteiger charge is -2.29. The Bertz CT molecular complexity index is 771. The van der Waals surface area contributed by atoms with Crippen LogP contribution in [0.15, 0.2) is 48.6 Å². The molecule has 0 spiro atoms. The molecule has 1 amide bonds. The molecule has 0 heterocycles. The highest BCUT2D eigenvalue weighted by Crippen LogP contribution is 2.40. The quantitative estimate of drug-likeness (QED) is 0.739. The van der Waals surface area contributed by atoms with Gasteiger partial charge >= 0.3 is 0 Å². The largest absolute Gasteiger partial charge is 0.342 e. The Morgan fingerprint density at radius 2 is 2.04 bits per heavy atom. The van der Waals surface area contributed by atoms with Gasteiger partial charge < -0.3 is 5.32 Å². The van der Waals surface area contributed by atoms with Gasteiger partial charge in [0.25, 0.3) is 0 Å². The van der Waals surface area contributed by atoms with Crippen LogP contribution >= 0.6 is 11.8 Å². The van der Waals surface area contributed by atoms with E-state index in [1.807, 2.05) is 62.4 Å². The fraction of sp³-hybridized carbons (Fsp3) is 0.381. The fourth-order valence-corrected chi connectivity index (χ4v) is 4.35. The second kappa shape index (κ2) is 9.27. The maximum atomic E-state index is 12.4. The average molecular weight is 366 g/mol. The highest BCUT2D eigenvalue weighted by atomic mass is 32.2. The van der Waals surface area contributed by atoms with Crippen LogP contribution in [-0.2, 0) is 4.79 Å². The Labute approximate surface area is 159 Å². The van der Waals surface area contributed by atoms with Gasteiger partial charge in [-0.3, -0.25) is 4.79 Å². The monoisotopic (exact) mass is 365 g/mol. The summed E-state index contributed by atoms with van der Waals surface area (Å²) >= 11 is 1.38. The number of hydrogen-bond donors (Lipinski definition) is 1. The summed E-state index contributed by atoms with van der Waals surface area (Å²) < 4.78 is -0.762. The Hall–Kier alpha value is -2.50. The van der Waals surface area contributed by atoms with Gasteiger partial charge in [-0.1, -0.05) is 62.4 Å². The molecule has 2 rings (SSSR count). The zero-order chi connectivity index (χ0) is 19.0. The number of hydrogen-bond acceptors (Lipinski definition) is 4. The minimum atomic E-state index is -0.762. The summed E-state index contributed by atoms with van der Waals surface area (Å²) in [6.07, 6.45) is 7.15. The molecule has 0 saturated carbocycles. The van der Waals surface area contributed by atoms with Crippen molar-refractivity contribution in [3.8, 4) is 12.1 Å². The van der Waals surface area contributed by atoms with Gasteiger partial charge in [-0.05, 0) is 29.9 Å². The number of carbonyl (C=O) groups is 1. The summed E-state index contributed by atoms with van der Waals surface area (Å²) in [4.78, 5) is 12.4. The first kappa shape index (κ1) is 19.8. The van der Waals surface area contributed by atoms with Crippen molar-refractivity contribution in [2.24, 2.45) is 5.92 Å². The van der Waals surface area contributed by atoms with Crippen LogP contribution in [0.5, 0.6) is 0 Å². The van der Waals surface area contributed by atoms with E-state index < -0.39 is 4.75 Å². The van der Waals surface area contributed by atoms with Gasteiger partial charge in [0, 0.05) is 0 Å². The van der Waals surface area contributed by atoms with Crippen molar-refractivity contribution in [3.05, 3.63) is 54.1 Å². The normalized spacial score (nSPS) is 20.0. The van der Waals surface area contributed by atoms with E-state index in [-0.39, 0.29) is 17.7 Å². The maximum absolute atomic E-state index is 12.4. The third-order valence-electron chi connectivity index (χ3n) is 4.13. The van der Waals surface area contributed by atoms with Crippen LogP contribution in [0.3, 0.4) is 0 Å². The van der Waals surface area contributed by atoms with E-state index in [0.29, 0.717) is 18.8 Å². The lowest BCUT2D eigenvalue weighted by molar-refractivity contribution is -0.120. The van der Waals surface area contributed by atoms with E-state index in [2.05, 4.69) is 17.5 Å². The molecule has 0 saturated heterocycles. The van der Waals surface area contributed by atoms with Crippen molar-refractivity contribution in [1.82, 2.24) is 5.32 Å². The van der Waals surface area contributed by atoms with Gasteiger partial charge in [-0.25, -0.2) is 0 Å². The van der Waals surface area contributed by atoms with Gasteiger partial charge in [0.2, 0.25) is 5.91 Å². The first-order chi connectivity index (χ1) is 12.5. The van der Waals surface area contributed by atoms with Crippen molar-refractivity contribution in [2.75, 3.05) is 6.54 Å². The summed E-state index contributed by atoms with van der Waals surface area (Å²) in [5.74, 6) is 0.144. The SMILES string of the molecule is CC(C)CC(SC1(C#N)C=CC(c2ccccc2)=CC1)C(=O)NCC#N. The Morgan fingerprint density at radius 1 is 1.31 bits per heavy atom. The van der Waals surface area contributed by atoms with Crippen molar-refractivity contribution in [3.63, 3.8) is 0 Å². The second-order valence-corrected chi connectivity index (χ2v) is 8.21. The number of nitriles is 2. The maximum Gasteiger partial charge on any atom is 0.234 e. The highest BCUT2D eigenvalue weighted by Gasteiger charge is 2.35. The van der Waals surface area contributed by atoms with E-state index in [1.54, 1.807) is 0 Å². The van der Waals surface area contributed by atoms with Crippen LogP contribution in [0.25, 0.3) is 5.57 Å². The number of carbonyl (C=O) groups excluding carboxylic acids is 1. The van der Waals surface area contributed by atoms with Gasteiger partial charge in [0.1, 0.15) is 11.3 Å². The third-order valence-corrected chi connectivity index (χ3v) is 5.63. The number of benzene rings is 1. The molecule has 134 valence electrons. The lowest BCUT2D eigenvalue weighted by atomic mass is 9.93. The molecule has 1 aliphatic carbocycles.